The van der Waals surface area contributed by atoms with E-state index in [9.17, 15) is 13.7 Å². The van der Waals surface area contributed by atoms with E-state index in [1.54, 1.807) is 40.1 Å². The lowest BCUT2D eigenvalue weighted by Crippen LogP contribution is -2.63. The molecule has 0 atom stereocenters. The van der Waals surface area contributed by atoms with Crippen LogP contribution in [0.4, 0.5) is 0 Å². The Hall–Kier alpha value is -4.21. The Kier molecular flexibility index (Phi) is 4.67. The molecule has 1 fully saturated rings. The van der Waals surface area contributed by atoms with E-state index in [0.29, 0.717) is 22.7 Å². The summed E-state index contributed by atoms with van der Waals surface area (Å²) in [6.07, 6.45) is 10.1. The van der Waals surface area contributed by atoms with Crippen LogP contribution in [0.15, 0.2) is 61.3 Å². The van der Waals surface area contributed by atoms with E-state index in [1.165, 1.54) is 10.6 Å². The molecule has 6 rings (SSSR count). The van der Waals surface area contributed by atoms with E-state index in [-0.39, 0.29) is 19.5 Å². The zero-order chi connectivity index (χ0) is 24.2. The third-order valence-corrected chi connectivity index (χ3v) is 7.49. The average molecular weight is 486 g/mol. The molecule has 5 aromatic heterocycles. The first kappa shape index (κ1) is 21.3. The topological polar surface area (TPSA) is 135 Å². The minimum Gasteiger partial charge on any atom is -0.262 e. The number of pyridine rings is 2. The SMILES string of the molecule is CS(=O)(=O)N1CC(CC#N)(n2ccc(-c3nc(-c4cnn5cccnc45)cc4ncccc34)n2)C1. The van der Waals surface area contributed by atoms with Crippen LogP contribution in [-0.2, 0) is 15.6 Å². The third-order valence-electron chi connectivity index (χ3n) is 6.29. The minimum absolute atomic E-state index is 0.143. The first-order valence-electron chi connectivity index (χ1n) is 10.8. The van der Waals surface area contributed by atoms with Crippen LogP contribution in [-0.4, -0.2) is 66.4 Å². The van der Waals surface area contributed by atoms with Crippen molar-refractivity contribution < 1.29 is 8.42 Å². The van der Waals surface area contributed by atoms with Crippen LogP contribution >= 0.6 is 0 Å². The van der Waals surface area contributed by atoms with Crippen molar-refractivity contribution in [3.63, 3.8) is 0 Å². The molecule has 0 N–H and O–H groups in total. The van der Waals surface area contributed by atoms with Gasteiger partial charge >= 0.3 is 0 Å². The lowest BCUT2D eigenvalue weighted by molar-refractivity contribution is 0.0726. The van der Waals surface area contributed by atoms with Crippen molar-refractivity contribution in [1.29, 1.82) is 5.26 Å². The largest absolute Gasteiger partial charge is 0.262 e. The summed E-state index contributed by atoms with van der Waals surface area (Å²) < 4.78 is 28.6. The summed E-state index contributed by atoms with van der Waals surface area (Å²) in [5.74, 6) is 0. The van der Waals surface area contributed by atoms with Gasteiger partial charge in [-0.3, -0.25) is 9.67 Å². The maximum absolute atomic E-state index is 11.9. The van der Waals surface area contributed by atoms with Crippen LogP contribution < -0.4 is 0 Å². The van der Waals surface area contributed by atoms with Gasteiger partial charge in [-0.05, 0) is 30.3 Å². The zero-order valence-electron chi connectivity index (χ0n) is 18.6. The van der Waals surface area contributed by atoms with E-state index >= 15 is 0 Å². The summed E-state index contributed by atoms with van der Waals surface area (Å²) >= 11 is 0. The highest BCUT2D eigenvalue weighted by Crippen LogP contribution is 2.36. The van der Waals surface area contributed by atoms with Gasteiger partial charge in [-0.1, -0.05) is 0 Å². The highest BCUT2D eigenvalue weighted by molar-refractivity contribution is 7.88. The minimum atomic E-state index is -3.34. The predicted molar refractivity (Wildman–Crippen MR) is 127 cm³/mol. The molecule has 6 heterocycles. The maximum Gasteiger partial charge on any atom is 0.211 e. The lowest BCUT2D eigenvalue weighted by Gasteiger charge is -2.47. The molecule has 174 valence electrons. The Morgan fingerprint density at radius 1 is 1.11 bits per heavy atom. The van der Waals surface area contributed by atoms with Crippen molar-refractivity contribution in [2.75, 3.05) is 19.3 Å². The molecule has 0 radical (unpaired) electrons. The molecule has 12 heteroatoms. The lowest BCUT2D eigenvalue weighted by atomic mass is 9.89. The maximum atomic E-state index is 11.9. The van der Waals surface area contributed by atoms with Crippen molar-refractivity contribution in [3.8, 4) is 28.7 Å². The van der Waals surface area contributed by atoms with Crippen molar-refractivity contribution >= 4 is 26.6 Å². The molecule has 0 aromatic carbocycles. The Morgan fingerprint density at radius 2 is 1.94 bits per heavy atom. The van der Waals surface area contributed by atoms with Crippen LogP contribution in [0.1, 0.15) is 6.42 Å². The fraction of sp³-hybridized carbons (Fsp3) is 0.217. The highest BCUT2D eigenvalue weighted by Gasteiger charge is 2.49. The molecule has 0 saturated carbocycles. The second-order valence-corrected chi connectivity index (χ2v) is 10.6. The number of rotatable bonds is 5. The third kappa shape index (κ3) is 3.44. The Bertz CT molecular complexity index is 1740. The molecule has 0 aliphatic carbocycles. The number of aromatic nitrogens is 7. The summed E-state index contributed by atoms with van der Waals surface area (Å²) in [7, 11) is -3.34. The predicted octanol–water partition coefficient (Wildman–Crippen LogP) is 2.09. The van der Waals surface area contributed by atoms with Crippen molar-refractivity contribution in [3.05, 3.63) is 61.3 Å². The van der Waals surface area contributed by atoms with Crippen LogP contribution in [0.3, 0.4) is 0 Å². The van der Waals surface area contributed by atoms with E-state index in [0.717, 1.165) is 16.5 Å². The number of nitrogens with zero attached hydrogens (tertiary/aromatic N) is 9. The molecular formula is C23H19N9O2S. The first-order chi connectivity index (χ1) is 16.9. The van der Waals surface area contributed by atoms with Gasteiger partial charge in [-0.15, -0.1) is 0 Å². The fourth-order valence-electron chi connectivity index (χ4n) is 4.46. The van der Waals surface area contributed by atoms with Gasteiger partial charge in [0.2, 0.25) is 10.0 Å². The van der Waals surface area contributed by atoms with Gasteiger partial charge in [0.1, 0.15) is 16.9 Å². The molecule has 35 heavy (non-hydrogen) atoms. The summed E-state index contributed by atoms with van der Waals surface area (Å²) in [4.78, 5) is 13.9. The van der Waals surface area contributed by atoms with E-state index in [4.69, 9.17) is 10.1 Å². The number of hydrogen-bond donors (Lipinski definition) is 0. The van der Waals surface area contributed by atoms with Crippen LogP contribution in [0.2, 0.25) is 0 Å². The van der Waals surface area contributed by atoms with Crippen LogP contribution in [0.5, 0.6) is 0 Å². The van der Waals surface area contributed by atoms with E-state index in [2.05, 4.69) is 21.1 Å². The second-order valence-electron chi connectivity index (χ2n) is 8.61. The highest BCUT2D eigenvalue weighted by atomic mass is 32.2. The summed E-state index contributed by atoms with van der Waals surface area (Å²) in [6, 6.07) is 11.5. The van der Waals surface area contributed by atoms with Crippen LogP contribution in [0.25, 0.3) is 39.2 Å². The summed E-state index contributed by atoms with van der Waals surface area (Å²) in [5, 5.41) is 19.4. The van der Waals surface area contributed by atoms with Gasteiger partial charge in [0, 0.05) is 43.3 Å². The van der Waals surface area contributed by atoms with E-state index in [1.807, 2.05) is 30.5 Å². The Balaban J connectivity index is 1.47. The molecule has 5 aromatic rings. The summed E-state index contributed by atoms with van der Waals surface area (Å²) in [5.41, 5.74) is 3.37. The normalized spacial score (nSPS) is 15.8. The Labute approximate surface area is 200 Å². The quantitative estimate of drug-likeness (QED) is 0.369. The van der Waals surface area contributed by atoms with Gasteiger partial charge in [-0.2, -0.15) is 19.8 Å². The number of sulfonamides is 1. The number of hydrogen-bond acceptors (Lipinski definition) is 8. The van der Waals surface area contributed by atoms with Crippen molar-refractivity contribution in [2.24, 2.45) is 0 Å². The van der Waals surface area contributed by atoms with Crippen LogP contribution in [0, 0.1) is 11.3 Å². The molecule has 1 saturated heterocycles. The van der Waals surface area contributed by atoms with Gasteiger partial charge in [0.05, 0.1) is 41.7 Å². The monoisotopic (exact) mass is 485 g/mol. The molecule has 0 unspecified atom stereocenters. The standard InChI is InChI=1S/C23H19N9O2S/c1-35(33,34)30-14-23(15-30,6-7-24)32-11-5-18(29-32)21-16-4-2-8-25-19(16)12-20(28-21)17-13-27-31-10-3-9-26-22(17)31/h2-5,8-13H,6,14-15H2,1H3. The Morgan fingerprint density at radius 3 is 2.74 bits per heavy atom. The van der Waals surface area contributed by atoms with Crippen molar-refractivity contribution in [2.45, 2.75) is 12.0 Å². The average Bonchev–Trinajstić information content (AvgIpc) is 3.47. The van der Waals surface area contributed by atoms with Gasteiger partial charge < -0.3 is 0 Å². The number of nitriles is 1. The van der Waals surface area contributed by atoms with E-state index < -0.39 is 15.6 Å². The number of fused-ring (bicyclic) bond motifs is 2. The molecule has 1 aliphatic heterocycles. The first-order valence-corrected chi connectivity index (χ1v) is 12.7. The molecule has 1 aliphatic rings. The summed E-state index contributed by atoms with van der Waals surface area (Å²) in [6.45, 7) is 0.398. The van der Waals surface area contributed by atoms with Crippen molar-refractivity contribution in [1.82, 2.24) is 38.7 Å². The molecular weight excluding hydrogens is 466 g/mol. The fourth-order valence-corrected chi connectivity index (χ4v) is 5.41. The molecule has 11 nitrogen and oxygen atoms in total. The molecule has 0 bridgehead atoms. The second kappa shape index (κ2) is 7.66. The molecule has 0 spiro atoms. The van der Waals surface area contributed by atoms with Gasteiger partial charge in [0.15, 0.2) is 5.65 Å². The van der Waals surface area contributed by atoms with Gasteiger partial charge in [0.25, 0.3) is 0 Å². The molecule has 0 amide bonds. The smallest absolute Gasteiger partial charge is 0.211 e. The zero-order valence-corrected chi connectivity index (χ0v) is 19.5. The van der Waals surface area contributed by atoms with Gasteiger partial charge in [-0.25, -0.2) is 22.9 Å².